The predicted molar refractivity (Wildman–Crippen MR) is 134 cm³/mol. The first-order valence-electron chi connectivity index (χ1n) is 12.7. The minimum Gasteiger partial charge on any atom is -0.475 e. The lowest BCUT2D eigenvalue weighted by Crippen LogP contribution is -2.36. The standard InChI is InChI=1S/C21H27N5O2.2C2HF3O2/c1-16-2-4-19(28-16)15-24-8-6-17(7-9-24)21-22-20-5-3-18(14-26(20)23-21)25-10-12-27-13-11-25;2*3-2(4,5)1(6)7/h2-5,14,17H,6-13,15H2,1H3;2*(H,6,7). The Morgan fingerprint density at radius 3 is 2.00 bits per heavy atom. The van der Waals surface area contributed by atoms with E-state index < -0.39 is 24.3 Å². The number of pyridine rings is 1. The van der Waals surface area contributed by atoms with Crippen molar-refractivity contribution in [3.8, 4) is 0 Å². The van der Waals surface area contributed by atoms with Crippen LogP contribution in [0.3, 0.4) is 0 Å². The molecule has 11 nitrogen and oxygen atoms in total. The van der Waals surface area contributed by atoms with Crippen molar-refractivity contribution in [3.05, 3.63) is 47.8 Å². The summed E-state index contributed by atoms with van der Waals surface area (Å²) in [6, 6.07) is 8.34. The molecule has 3 aromatic heterocycles. The van der Waals surface area contributed by atoms with Gasteiger partial charge in [-0.25, -0.2) is 19.1 Å². The average molecular weight is 610 g/mol. The molecule has 5 heterocycles. The van der Waals surface area contributed by atoms with Crippen molar-refractivity contribution in [1.82, 2.24) is 19.5 Å². The van der Waals surface area contributed by atoms with Crippen LogP contribution in [-0.4, -0.2) is 93.4 Å². The topological polar surface area (TPSA) is 134 Å². The van der Waals surface area contributed by atoms with E-state index in [-0.39, 0.29) is 0 Å². The van der Waals surface area contributed by atoms with Crippen molar-refractivity contribution in [1.29, 1.82) is 0 Å². The SMILES string of the molecule is Cc1ccc(CN2CCC(c3nc4ccc(N5CCOCC5)cn4n3)CC2)o1.O=C(O)C(F)(F)F.O=C(O)C(F)(F)F. The molecule has 3 aromatic rings. The van der Waals surface area contributed by atoms with Crippen molar-refractivity contribution >= 4 is 23.3 Å². The molecule has 2 saturated heterocycles. The third-order valence-corrected chi connectivity index (χ3v) is 6.32. The number of aromatic nitrogens is 3. The van der Waals surface area contributed by atoms with Crippen molar-refractivity contribution in [2.24, 2.45) is 0 Å². The molecule has 0 amide bonds. The second kappa shape index (κ2) is 13.9. The number of ether oxygens (including phenoxy) is 1. The second-order valence-corrected chi connectivity index (χ2v) is 9.43. The molecule has 17 heteroatoms. The summed E-state index contributed by atoms with van der Waals surface area (Å²) in [5.74, 6) is -2.07. The van der Waals surface area contributed by atoms with E-state index in [0.717, 1.165) is 81.8 Å². The van der Waals surface area contributed by atoms with E-state index in [1.54, 1.807) is 0 Å². The minimum atomic E-state index is -5.08. The zero-order valence-electron chi connectivity index (χ0n) is 22.4. The summed E-state index contributed by atoms with van der Waals surface area (Å²) < 4.78 is 76.6. The fraction of sp³-hybridized carbons (Fsp3) is 0.520. The number of likely N-dealkylation sites (tertiary alicyclic amines) is 1. The molecule has 2 N–H and O–H groups in total. The minimum absolute atomic E-state index is 0.432. The van der Waals surface area contributed by atoms with E-state index in [1.165, 1.54) is 5.69 Å². The normalized spacial score (nSPS) is 16.8. The molecule has 0 spiro atoms. The van der Waals surface area contributed by atoms with Gasteiger partial charge in [-0.15, -0.1) is 0 Å². The molecule has 0 aromatic carbocycles. The Hall–Kier alpha value is -3.86. The number of hydrogen-bond acceptors (Lipinski definition) is 8. The summed E-state index contributed by atoms with van der Waals surface area (Å²) in [6.45, 7) is 8.43. The molecule has 2 fully saturated rings. The summed E-state index contributed by atoms with van der Waals surface area (Å²) in [5.41, 5.74) is 2.12. The van der Waals surface area contributed by atoms with Gasteiger partial charge in [0.25, 0.3) is 0 Å². The van der Waals surface area contributed by atoms with Crippen LogP contribution in [0.25, 0.3) is 5.65 Å². The highest BCUT2D eigenvalue weighted by Crippen LogP contribution is 2.28. The van der Waals surface area contributed by atoms with Gasteiger partial charge in [-0.3, -0.25) is 4.90 Å². The van der Waals surface area contributed by atoms with Gasteiger partial charge in [0.05, 0.1) is 31.6 Å². The molecular formula is C25H29F6N5O6. The van der Waals surface area contributed by atoms with Gasteiger partial charge in [-0.1, -0.05) is 0 Å². The lowest BCUT2D eigenvalue weighted by atomic mass is 9.96. The van der Waals surface area contributed by atoms with Crippen LogP contribution in [0.1, 0.15) is 36.1 Å². The Bertz CT molecular complexity index is 1300. The monoisotopic (exact) mass is 609 g/mol. The predicted octanol–water partition coefficient (Wildman–Crippen LogP) is 4.11. The lowest BCUT2D eigenvalue weighted by Gasteiger charge is -2.29. The number of furan rings is 1. The third kappa shape index (κ3) is 9.61. The van der Waals surface area contributed by atoms with E-state index >= 15 is 0 Å². The van der Waals surface area contributed by atoms with E-state index in [4.69, 9.17) is 39.0 Å². The number of nitrogens with zero attached hydrogens (tertiary/aromatic N) is 5. The Labute approximate surface area is 235 Å². The van der Waals surface area contributed by atoms with Crippen LogP contribution >= 0.6 is 0 Å². The van der Waals surface area contributed by atoms with Crippen LogP contribution in [0.5, 0.6) is 0 Å². The molecule has 0 unspecified atom stereocenters. The maximum atomic E-state index is 10.6. The largest absolute Gasteiger partial charge is 0.490 e. The van der Waals surface area contributed by atoms with Gasteiger partial charge >= 0.3 is 24.3 Å². The van der Waals surface area contributed by atoms with Crippen LogP contribution in [0.15, 0.2) is 34.9 Å². The number of aryl methyl sites for hydroxylation is 1. The second-order valence-electron chi connectivity index (χ2n) is 9.43. The highest BCUT2D eigenvalue weighted by molar-refractivity contribution is 5.73. The van der Waals surface area contributed by atoms with Gasteiger partial charge in [-0.2, -0.15) is 31.4 Å². The fourth-order valence-electron chi connectivity index (χ4n) is 4.21. The number of carbonyl (C=O) groups is 2. The van der Waals surface area contributed by atoms with E-state index in [0.29, 0.717) is 5.92 Å². The summed E-state index contributed by atoms with van der Waals surface area (Å²) in [4.78, 5) is 27.4. The zero-order chi connectivity index (χ0) is 31.1. The van der Waals surface area contributed by atoms with E-state index in [2.05, 4.69) is 34.2 Å². The van der Waals surface area contributed by atoms with Gasteiger partial charge in [0.15, 0.2) is 11.5 Å². The van der Waals surface area contributed by atoms with Crippen molar-refractivity contribution in [3.63, 3.8) is 0 Å². The molecule has 0 saturated carbocycles. The van der Waals surface area contributed by atoms with Gasteiger partial charge in [-0.05, 0) is 57.1 Å². The van der Waals surface area contributed by atoms with Crippen LogP contribution in [-0.2, 0) is 20.9 Å². The molecule has 42 heavy (non-hydrogen) atoms. The number of aliphatic carboxylic acids is 2. The summed E-state index contributed by atoms with van der Waals surface area (Å²) >= 11 is 0. The fourth-order valence-corrected chi connectivity index (χ4v) is 4.21. The summed E-state index contributed by atoms with van der Waals surface area (Å²) in [6.07, 6.45) is -5.88. The van der Waals surface area contributed by atoms with Gasteiger partial charge < -0.3 is 24.3 Å². The number of carboxylic acids is 2. The first-order chi connectivity index (χ1) is 19.6. The molecule has 0 bridgehead atoms. The molecule has 0 aliphatic carbocycles. The Balaban J connectivity index is 0.000000289. The van der Waals surface area contributed by atoms with Crippen LogP contribution in [0, 0.1) is 6.92 Å². The number of alkyl halides is 6. The molecular weight excluding hydrogens is 580 g/mol. The number of hydrogen-bond donors (Lipinski definition) is 2. The first kappa shape index (κ1) is 32.7. The van der Waals surface area contributed by atoms with Crippen LogP contribution < -0.4 is 4.90 Å². The lowest BCUT2D eigenvalue weighted by molar-refractivity contribution is -0.193. The first-order valence-corrected chi connectivity index (χ1v) is 12.7. The number of rotatable bonds is 4. The summed E-state index contributed by atoms with van der Waals surface area (Å²) in [7, 11) is 0. The Morgan fingerprint density at radius 2 is 1.50 bits per heavy atom. The maximum Gasteiger partial charge on any atom is 0.490 e. The number of fused-ring (bicyclic) bond motifs is 1. The van der Waals surface area contributed by atoms with Crippen molar-refractivity contribution in [2.75, 3.05) is 44.3 Å². The zero-order valence-corrected chi connectivity index (χ0v) is 22.4. The number of piperidine rings is 1. The molecule has 0 radical (unpaired) electrons. The van der Waals surface area contributed by atoms with Gasteiger partial charge in [0.2, 0.25) is 0 Å². The summed E-state index contributed by atoms with van der Waals surface area (Å²) in [5, 5.41) is 19.1. The highest BCUT2D eigenvalue weighted by Gasteiger charge is 2.38. The number of halogens is 6. The number of carboxylic acid groups (broad SMARTS) is 2. The average Bonchev–Trinajstić information content (AvgIpc) is 3.54. The molecule has 0 atom stereocenters. The number of morpholine rings is 1. The highest BCUT2D eigenvalue weighted by atomic mass is 19.4. The Kier molecular flexibility index (Phi) is 10.8. The molecule has 232 valence electrons. The molecule has 2 aliphatic rings. The third-order valence-electron chi connectivity index (χ3n) is 6.32. The van der Waals surface area contributed by atoms with Gasteiger partial charge in [0.1, 0.15) is 11.5 Å². The Morgan fingerprint density at radius 1 is 0.929 bits per heavy atom. The quantitative estimate of drug-likeness (QED) is 0.417. The molecule has 2 aliphatic heterocycles. The van der Waals surface area contributed by atoms with Gasteiger partial charge in [0, 0.05) is 19.0 Å². The van der Waals surface area contributed by atoms with Crippen LogP contribution in [0.4, 0.5) is 32.0 Å². The maximum absolute atomic E-state index is 10.6. The smallest absolute Gasteiger partial charge is 0.475 e. The van der Waals surface area contributed by atoms with Crippen molar-refractivity contribution < 1.29 is 55.3 Å². The van der Waals surface area contributed by atoms with E-state index in [9.17, 15) is 26.3 Å². The molecule has 5 rings (SSSR count). The van der Waals surface area contributed by atoms with Crippen molar-refractivity contribution in [2.45, 2.75) is 44.6 Å². The number of anilines is 1. The van der Waals surface area contributed by atoms with Crippen LogP contribution in [0.2, 0.25) is 0 Å². The van der Waals surface area contributed by atoms with E-state index in [1.807, 2.05) is 17.5 Å².